The standard InChI is InChI=1S/C17H17N5O3S/c1-12(13-6-8-16(9-7-13)26(2,24)25)19-17(23)14-4-3-5-15(10-14)22-11-18-20-21-22/h3-12H,1-2H3,(H,19,23)/t12-/m0/s1. The molecule has 0 bridgehead atoms. The Labute approximate surface area is 150 Å². The Morgan fingerprint density at radius 2 is 1.88 bits per heavy atom. The van der Waals surface area contributed by atoms with Crippen LogP contribution < -0.4 is 5.32 Å². The van der Waals surface area contributed by atoms with Crippen molar-refractivity contribution < 1.29 is 13.2 Å². The normalized spacial score (nSPS) is 12.5. The van der Waals surface area contributed by atoms with Crippen LogP contribution in [0.15, 0.2) is 59.8 Å². The van der Waals surface area contributed by atoms with Crippen molar-refractivity contribution in [3.63, 3.8) is 0 Å². The summed E-state index contributed by atoms with van der Waals surface area (Å²) in [7, 11) is -3.24. The zero-order valence-corrected chi connectivity index (χ0v) is 15.0. The first-order valence-corrected chi connectivity index (χ1v) is 9.68. The zero-order valence-electron chi connectivity index (χ0n) is 14.2. The molecular weight excluding hydrogens is 354 g/mol. The molecule has 0 aliphatic rings. The fourth-order valence-electron chi connectivity index (χ4n) is 2.44. The number of rotatable bonds is 5. The lowest BCUT2D eigenvalue weighted by Crippen LogP contribution is -2.26. The van der Waals surface area contributed by atoms with Crippen LogP contribution in [-0.4, -0.2) is 40.8 Å². The minimum absolute atomic E-state index is 0.244. The van der Waals surface area contributed by atoms with Crippen LogP contribution in [0.25, 0.3) is 5.69 Å². The summed E-state index contributed by atoms with van der Waals surface area (Å²) >= 11 is 0. The number of sulfone groups is 1. The van der Waals surface area contributed by atoms with Crippen LogP contribution in [0.3, 0.4) is 0 Å². The Bertz CT molecular complexity index is 1010. The lowest BCUT2D eigenvalue weighted by molar-refractivity contribution is 0.0940. The van der Waals surface area contributed by atoms with Crippen molar-refractivity contribution in [2.24, 2.45) is 0 Å². The maximum Gasteiger partial charge on any atom is 0.251 e. The van der Waals surface area contributed by atoms with Gasteiger partial charge in [-0.2, -0.15) is 0 Å². The smallest absolute Gasteiger partial charge is 0.251 e. The van der Waals surface area contributed by atoms with Gasteiger partial charge in [-0.05, 0) is 53.2 Å². The molecule has 2 aromatic carbocycles. The van der Waals surface area contributed by atoms with Crippen molar-refractivity contribution >= 4 is 15.7 Å². The van der Waals surface area contributed by atoms with Crippen molar-refractivity contribution in [2.45, 2.75) is 17.9 Å². The molecule has 0 saturated carbocycles. The van der Waals surface area contributed by atoms with Gasteiger partial charge in [0.25, 0.3) is 5.91 Å². The highest BCUT2D eigenvalue weighted by Gasteiger charge is 2.14. The molecule has 1 heterocycles. The van der Waals surface area contributed by atoms with Crippen molar-refractivity contribution in [2.75, 3.05) is 6.26 Å². The summed E-state index contributed by atoms with van der Waals surface area (Å²) < 4.78 is 24.5. The van der Waals surface area contributed by atoms with E-state index in [4.69, 9.17) is 0 Å². The summed E-state index contributed by atoms with van der Waals surface area (Å²) in [4.78, 5) is 12.8. The second-order valence-electron chi connectivity index (χ2n) is 5.84. The maximum atomic E-state index is 12.5. The summed E-state index contributed by atoms with van der Waals surface area (Å²) in [6.07, 6.45) is 2.60. The highest BCUT2D eigenvalue weighted by atomic mass is 32.2. The first-order valence-electron chi connectivity index (χ1n) is 7.79. The number of aromatic nitrogens is 4. The average molecular weight is 371 g/mol. The average Bonchev–Trinajstić information content (AvgIpc) is 3.16. The second kappa shape index (κ2) is 7.04. The molecule has 1 atom stereocenters. The van der Waals surface area contributed by atoms with E-state index in [1.807, 2.05) is 6.92 Å². The summed E-state index contributed by atoms with van der Waals surface area (Å²) in [5.74, 6) is -0.250. The summed E-state index contributed by atoms with van der Waals surface area (Å²) in [5, 5.41) is 13.8. The molecule has 0 radical (unpaired) electrons. The topological polar surface area (TPSA) is 107 Å². The molecule has 1 amide bonds. The third-order valence-corrected chi connectivity index (χ3v) is 5.01. The predicted octanol–water partition coefficient (Wildman–Crippen LogP) is 1.56. The van der Waals surface area contributed by atoms with E-state index < -0.39 is 9.84 Å². The first-order chi connectivity index (χ1) is 12.3. The van der Waals surface area contributed by atoms with Crippen LogP contribution in [-0.2, 0) is 9.84 Å². The van der Waals surface area contributed by atoms with Gasteiger partial charge in [-0.1, -0.05) is 18.2 Å². The van der Waals surface area contributed by atoms with E-state index in [0.29, 0.717) is 11.3 Å². The van der Waals surface area contributed by atoms with Crippen LogP contribution in [0.4, 0.5) is 0 Å². The number of amides is 1. The molecule has 0 unspecified atom stereocenters. The molecule has 0 saturated heterocycles. The lowest BCUT2D eigenvalue weighted by atomic mass is 10.1. The zero-order chi connectivity index (χ0) is 18.7. The number of carbonyl (C=O) groups excluding carboxylic acids is 1. The third kappa shape index (κ3) is 3.94. The van der Waals surface area contributed by atoms with Gasteiger partial charge >= 0.3 is 0 Å². The highest BCUT2D eigenvalue weighted by molar-refractivity contribution is 7.90. The van der Waals surface area contributed by atoms with Gasteiger partial charge in [0.15, 0.2) is 9.84 Å². The number of carbonyl (C=O) groups is 1. The van der Waals surface area contributed by atoms with Crippen LogP contribution >= 0.6 is 0 Å². The summed E-state index contributed by atoms with van der Waals surface area (Å²) in [6, 6.07) is 13.1. The van der Waals surface area contributed by atoms with Crippen LogP contribution in [0, 0.1) is 0 Å². The lowest BCUT2D eigenvalue weighted by Gasteiger charge is -2.15. The van der Waals surface area contributed by atoms with Gasteiger partial charge in [0.05, 0.1) is 16.6 Å². The van der Waals surface area contributed by atoms with Gasteiger partial charge in [0.1, 0.15) is 6.33 Å². The molecule has 8 nitrogen and oxygen atoms in total. The fraction of sp³-hybridized carbons (Fsp3) is 0.176. The molecule has 9 heteroatoms. The van der Waals surface area contributed by atoms with Crippen LogP contribution in [0.2, 0.25) is 0 Å². The number of nitrogens with one attached hydrogen (secondary N) is 1. The molecule has 26 heavy (non-hydrogen) atoms. The Kier molecular flexibility index (Phi) is 4.81. The van der Waals surface area contributed by atoms with Crippen molar-refractivity contribution in [1.29, 1.82) is 0 Å². The Morgan fingerprint density at radius 1 is 1.15 bits per heavy atom. The maximum absolute atomic E-state index is 12.5. The van der Waals surface area contributed by atoms with Gasteiger partial charge in [-0.25, -0.2) is 13.1 Å². The second-order valence-corrected chi connectivity index (χ2v) is 7.86. The Morgan fingerprint density at radius 3 is 2.50 bits per heavy atom. The van der Waals surface area contributed by atoms with Gasteiger partial charge in [0, 0.05) is 11.8 Å². The number of hydrogen-bond donors (Lipinski definition) is 1. The molecular formula is C17H17N5O3S. The molecule has 134 valence electrons. The van der Waals surface area contributed by atoms with Crippen molar-refractivity contribution in [3.8, 4) is 5.69 Å². The SMILES string of the molecule is C[C@H](NC(=O)c1cccc(-n2cnnn2)c1)c1ccc(S(C)(=O)=O)cc1. The summed E-state index contributed by atoms with van der Waals surface area (Å²) in [6.45, 7) is 1.83. The number of hydrogen-bond acceptors (Lipinski definition) is 6. The van der Waals surface area contributed by atoms with E-state index in [1.54, 1.807) is 36.4 Å². The molecule has 1 aromatic heterocycles. The number of benzene rings is 2. The highest BCUT2D eigenvalue weighted by Crippen LogP contribution is 2.17. The minimum Gasteiger partial charge on any atom is -0.346 e. The molecule has 0 aliphatic carbocycles. The van der Waals surface area contributed by atoms with E-state index in [-0.39, 0.29) is 16.8 Å². The molecule has 0 spiro atoms. The molecule has 3 aromatic rings. The van der Waals surface area contributed by atoms with Crippen molar-refractivity contribution in [3.05, 3.63) is 66.0 Å². The van der Waals surface area contributed by atoms with E-state index in [9.17, 15) is 13.2 Å². The molecule has 1 N–H and O–H groups in total. The molecule has 3 rings (SSSR count). The van der Waals surface area contributed by atoms with Crippen LogP contribution in [0.1, 0.15) is 28.9 Å². The quantitative estimate of drug-likeness (QED) is 0.729. The number of tetrazole rings is 1. The predicted molar refractivity (Wildman–Crippen MR) is 94.6 cm³/mol. The molecule has 0 aliphatic heterocycles. The largest absolute Gasteiger partial charge is 0.346 e. The minimum atomic E-state index is -3.24. The van der Waals surface area contributed by atoms with Gasteiger partial charge < -0.3 is 5.32 Å². The number of nitrogens with zero attached hydrogens (tertiary/aromatic N) is 4. The molecule has 0 fully saturated rings. The van der Waals surface area contributed by atoms with E-state index >= 15 is 0 Å². The Hall–Kier alpha value is -3.07. The van der Waals surface area contributed by atoms with Crippen molar-refractivity contribution in [1.82, 2.24) is 25.5 Å². The van der Waals surface area contributed by atoms with Gasteiger partial charge in [-0.15, -0.1) is 5.10 Å². The fourth-order valence-corrected chi connectivity index (χ4v) is 3.07. The first kappa shape index (κ1) is 17.7. The monoisotopic (exact) mass is 371 g/mol. The Balaban J connectivity index is 1.74. The van der Waals surface area contributed by atoms with E-state index in [1.165, 1.54) is 23.1 Å². The van der Waals surface area contributed by atoms with Gasteiger partial charge in [0.2, 0.25) is 0 Å². The van der Waals surface area contributed by atoms with Gasteiger partial charge in [-0.3, -0.25) is 4.79 Å². The summed E-state index contributed by atoms with van der Waals surface area (Å²) in [5.41, 5.74) is 1.95. The third-order valence-electron chi connectivity index (χ3n) is 3.88. The van der Waals surface area contributed by atoms with Crippen LogP contribution in [0.5, 0.6) is 0 Å². The van der Waals surface area contributed by atoms with E-state index in [0.717, 1.165) is 11.8 Å². The van der Waals surface area contributed by atoms with E-state index in [2.05, 4.69) is 20.8 Å².